The Morgan fingerprint density at radius 1 is 1.44 bits per heavy atom. The summed E-state index contributed by atoms with van der Waals surface area (Å²) < 4.78 is 0. The molecule has 0 bridgehead atoms. The molecule has 2 heterocycles. The molecule has 0 aromatic carbocycles. The van der Waals surface area contributed by atoms with E-state index in [2.05, 4.69) is 37.1 Å². The van der Waals surface area contributed by atoms with Crippen LogP contribution in [0.5, 0.6) is 0 Å². The van der Waals surface area contributed by atoms with Gasteiger partial charge in [-0.25, -0.2) is 0 Å². The minimum atomic E-state index is 0.384. The van der Waals surface area contributed by atoms with Crippen molar-refractivity contribution in [2.24, 2.45) is 0 Å². The van der Waals surface area contributed by atoms with Gasteiger partial charge in [-0.1, -0.05) is 0 Å². The molecule has 0 aliphatic heterocycles. The van der Waals surface area contributed by atoms with Gasteiger partial charge in [0.05, 0.1) is 5.51 Å². The van der Waals surface area contributed by atoms with E-state index in [4.69, 9.17) is 0 Å². The third-order valence-electron chi connectivity index (χ3n) is 2.68. The number of hydrogen-bond donors (Lipinski definition) is 1. The second-order valence-electron chi connectivity index (χ2n) is 3.96. The number of hydrogen-bond acceptors (Lipinski definition) is 4. The van der Waals surface area contributed by atoms with Crippen LogP contribution in [0.4, 0.5) is 0 Å². The molecule has 0 radical (unpaired) electrons. The van der Waals surface area contributed by atoms with Crippen molar-refractivity contribution >= 4 is 22.7 Å². The van der Waals surface area contributed by atoms with Crippen molar-refractivity contribution in [2.75, 3.05) is 0 Å². The van der Waals surface area contributed by atoms with Crippen LogP contribution < -0.4 is 5.32 Å². The van der Waals surface area contributed by atoms with Gasteiger partial charge in [0.25, 0.3) is 0 Å². The Morgan fingerprint density at radius 2 is 2.25 bits per heavy atom. The van der Waals surface area contributed by atoms with E-state index < -0.39 is 0 Å². The number of nitrogens with one attached hydrogen (secondary N) is 1. The Balaban J connectivity index is 1.92. The van der Waals surface area contributed by atoms with Gasteiger partial charge < -0.3 is 5.32 Å². The highest BCUT2D eigenvalue weighted by atomic mass is 32.1. The summed E-state index contributed by atoms with van der Waals surface area (Å²) in [5.41, 5.74) is 3.28. The topological polar surface area (TPSA) is 24.9 Å². The standard InChI is InChI=1S/C12H16N2S2/c1-8-4-11(16-10(8)3)5-14-9(2)12-6-13-7-15-12/h4,6-7,9,14H,5H2,1-3H3. The normalized spacial score (nSPS) is 12.9. The van der Waals surface area contributed by atoms with E-state index in [1.807, 2.05) is 23.0 Å². The van der Waals surface area contributed by atoms with Crippen molar-refractivity contribution in [3.8, 4) is 0 Å². The molecular formula is C12H16N2S2. The predicted molar refractivity (Wildman–Crippen MR) is 71.2 cm³/mol. The lowest BCUT2D eigenvalue weighted by molar-refractivity contribution is 0.586. The zero-order valence-electron chi connectivity index (χ0n) is 9.78. The second kappa shape index (κ2) is 5.08. The fourth-order valence-electron chi connectivity index (χ4n) is 1.53. The molecule has 86 valence electrons. The summed E-state index contributed by atoms with van der Waals surface area (Å²) in [6, 6.07) is 2.65. The Labute approximate surface area is 104 Å². The van der Waals surface area contributed by atoms with Gasteiger partial charge in [-0.3, -0.25) is 4.98 Å². The monoisotopic (exact) mass is 252 g/mol. The van der Waals surface area contributed by atoms with E-state index in [-0.39, 0.29) is 0 Å². The molecule has 0 fully saturated rings. The molecule has 4 heteroatoms. The maximum atomic E-state index is 4.10. The number of thiazole rings is 1. The Hall–Kier alpha value is -0.710. The predicted octanol–water partition coefficient (Wildman–Crippen LogP) is 3.67. The van der Waals surface area contributed by atoms with Gasteiger partial charge in [-0.2, -0.15) is 0 Å². The smallest absolute Gasteiger partial charge is 0.0794 e. The summed E-state index contributed by atoms with van der Waals surface area (Å²) in [5, 5.41) is 3.52. The molecular weight excluding hydrogens is 236 g/mol. The van der Waals surface area contributed by atoms with Gasteiger partial charge in [0.1, 0.15) is 0 Å². The number of aryl methyl sites for hydroxylation is 2. The molecule has 0 amide bonds. The van der Waals surface area contributed by atoms with Crippen molar-refractivity contribution < 1.29 is 0 Å². The summed E-state index contributed by atoms with van der Waals surface area (Å²) in [7, 11) is 0. The number of aromatic nitrogens is 1. The third-order valence-corrected chi connectivity index (χ3v) is 4.79. The van der Waals surface area contributed by atoms with Crippen LogP contribution in [0.25, 0.3) is 0 Å². The molecule has 0 saturated carbocycles. The van der Waals surface area contributed by atoms with Crippen LogP contribution >= 0.6 is 22.7 Å². The summed E-state index contributed by atoms with van der Waals surface area (Å²) in [5.74, 6) is 0. The average molecular weight is 252 g/mol. The van der Waals surface area contributed by atoms with Gasteiger partial charge in [0.15, 0.2) is 0 Å². The zero-order chi connectivity index (χ0) is 11.5. The molecule has 2 aromatic rings. The molecule has 0 spiro atoms. The summed E-state index contributed by atoms with van der Waals surface area (Å²) in [4.78, 5) is 8.22. The van der Waals surface area contributed by atoms with Crippen molar-refractivity contribution in [1.82, 2.24) is 10.3 Å². The molecule has 2 aromatic heterocycles. The number of rotatable bonds is 4. The molecule has 0 aliphatic carbocycles. The van der Waals surface area contributed by atoms with Crippen molar-refractivity contribution in [2.45, 2.75) is 33.4 Å². The van der Waals surface area contributed by atoms with Gasteiger partial charge in [0.2, 0.25) is 0 Å². The van der Waals surface area contributed by atoms with Crippen LogP contribution in [0.1, 0.15) is 33.2 Å². The minimum absolute atomic E-state index is 0.384. The van der Waals surface area contributed by atoms with E-state index >= 15 is 0 Å². The molecule has 0 saturated heterocycles. The summed E-state index contributed by atoms with van der Waals surface area (Å²) >= 11 is 3.58. The van der Waals surface area contributed by atoms with Gasteiger partial charge in [-0.05, 0) is 32.4 Å². The lowest BCUT2D eigenvalue weighted by Gasteiger charge is -2.10. The molecule has 2 nitrogen and oxygen atoms in total. The largest absolute Gasteiger partial charge is 0.304 e. The van der Waals surface area contributed by atoms with Crippen LogP contribution in [0.2, 0.25) is 0 Å². The molecule has 16 heavy (non-hydrogen) atoms. The Morgan fingerprint density at radius 3 is 2.81 bits per heavy atom. The lowest BCUT2D eigenvalue weighted by Crippen LogP contribution is -2.16. The molecule has 1 N–H and O–H groups in total. The quantitative estimate of drug-likeness (QED) is 0.898. The first kappa shape index (κ1) is 11.8. The van der Waals surface area contributed by atoms with Crippen molar-refractivity contribution in [1.29, 1.82) is 0 Å². The van der Waals surface area contributed by atoms with Crippen LogP contribution in [0.15, 0.2) is 17.8 Å². The van der Waals surface area contributed by atoms with Crippen molar-refractivity contribution in [3.63, 3.8) is 0 Å². The van der Waals surface area contributed by atoms with Crippen molar-refractivity contribution in [3.05, 3.63) is 38.0 Å². The van der Waals surface area contributed by atoms with Gasteiger partial charge in [-0.15, -0.1) is 22.7 Å². The van der Waals surface area contributed by atoms with Crippen LogP contribution in [0.3, 0.4) is 0 Å². The molecule has 1 unspecified atom stereocenters. The van der Waals surface area contributed by atoms with Crippen LogP contribution in [-0.2, 0) is 6.54 Å². The number of nitrogens with zero attached hydrogens (tertiary/aromatic N) is 1. The first-order valence-electron chi connectivity index (χ1n) is 5.34. The Kier molecular flexibility index (Phi) is 3.74. The first-order valence-corrected chi connectivity index (χ1v) is 7.04. The highest BCUT2D eigenvalue weighted by molar-refractivity contribution is 7.12. The lowest BCUT2D eigenvalue weighted by atomic mass is 10.2. The van der Waals surface area contributed by atoms with E-state index in [0.717, 1.165) is 6.54 Å². The third kappa shape index (κ3) is 2.70. The number of thiophene rings is 1. The van der Waals surface area contributed by atoms with E-state index in [1.54, 1.807) is 11.3 Å². The molecule has 0 aliphatic rings. The van der Waals surface area contributed by atoms with Gasteiger partial charge in [0, 0.05) is 33.4 Å². The first-order chi connectivity index (χ1) is 7.66. The summed E-state index contributed by atoms with van der Waals surface area (Å²) in [6.07, 6.45) is 1.94. The Bertz CT molecular complexity index is 426. The SMILES string of the molecule is Cc1cc(CNC(C)c2cncs2)sc1C. The highest BCUT2D eigenvalue weighted by Gasteiger charge is 2.07. The zero-order valence-corrected chi connectivity index (χ0v) is 11.4. The minimum Gasteiger partial charge on any atom is -0.304 e. The highest BCUT2D eigenvalue weighted by Crippen LogP contribution is 2.22. The fraction of sp³-hybridized carbons (Fsp3) is 0.417. The molecule has 1 atom stereocenters. The maximum absolute atomic E-state index is 4.10. The average Bonchev–Trinajstić information content (AvgIpc) is 2.86. The second-order valence-corrected chi connectivity index (χ2v) is 6.22. The van der Waals surface area contributed by atoms with Crippen LogP contribution in [-0.4, -0.2) is 4.98 Å². The van der Waals surface area contributed by atoms with Crippen LogP contribution in [0, 0.1) is 13.8 Å². The van der Waals surface area contributed by atoms with Gasteiger partial charge >= 0.3 is 0 Å². The van der Waals surface area contributed by atoms with E-state index in [1.165, 1.54) is 20.2 Å². The summed E-state index contributed by atoms with van der Waals surface area (Å²) in [6.45, 7) is 7.47. The molecule has 2 rings (SSSR count). The maximum Gasteiger partial charge on any atom is 0.0794 e. The van der Waals surface area contributed by atoms with E-state index in [0.29, 0.717) is 6.04 Å². The van der Waals surface area contributed by atoms with E-state index in [9.17, 15) is 0 Å². The fourth-order valence-corrected chi connectivity index (χ4v) is 3.19.